The summed E-state index contributed by atoms with van der Waals surface area (Å²) in [6.07, 6.45) is 1.37. The van der Waals surface area contributed by atoms with Gasteiger partial charge in [-0.05, 0) is 51.0 Å². The Morgan fingerprint density at radius 3 is 2.86 bits per heavy atom. The molecule has 1 aliphatic heterocycles. The molecular weight excluding hydrogens is 282 g/mol. The van der Waals surface area contributed by atoms with E-state index in [-0.39, 0.29) is 11.9 Å². The van der Waals surface area contributed by atoms with E-state index in [0.29, 0.717) is 6.42 Å². The minimum atomic E-state index is 0.102. The highest BCUT2D eigenvalue weighted by molar-refractivity contribution is 7.11. The predicted octanol–water partition coefficient (Wildman–Crippen LogP) is 3.82. The zero-order chi connectivity index (χ0) is 15.0. The van der Waals surface area contributed by atoms with E-state index in [1.165, 1.54) is 10.4 Å². The van der Waals surface area contributed by atoms with E-state index >= 15 is 0 Å². The van der Waals surface area contributed by atoms with Gasteiger partial charge in [0.1, 0.15) is 0 Å². The predicted molar refractivity (Wildman–Crippen MR) is 87.0 cm³/mol. The first-order chi connectivity index (χ1) is 10.0. The number of rotatable bonds is 3. The summed E-state index contributed by atoms with van der Waals surface area (Å²) in [5.41, 5.74) is 4.31. The molecule has 0 saturated heterocycles. The molecule has 2 heterocycles. The number of fused-ring (bicyclic) bond motifs is 1. The Morgan fingerprint density at radius 2 is 2.14 bits per heavy atom. The number of hydrogen-bond donors (Lipinski definition) is 2. The largest absolute Gasteiger partial charge is 0.377 e. The van der Waals surface area contributed by atoms with Crippen LogP contribution in [0.5, 0.6) is 0 Å². The van der Waals surface area contributed by atoms with Crippen LogP contribution in [-0.4, -0.2) is 10.9 Å². The molecule has 1 aromatic heterocycles. The van der Waals surface area contributed by atoms with Crippen molar-refractivity contribution in [3.8, 4) is 0 Å². The molecule has 1 amide bonds. The van der Waals surface area contributed by atoms with E-state index in [1.54, 1.807) is 11.3 Å². The van der Waals surface area contributed by atoms with Crippen LogP contribution in [0.4, 0.5) is 11.4 Å². The summed E-state index contributed by atoms with van der Waals surface area (Å²) in [6.45, 7) is 6.28. The van der Waals surface area contributed by atoms with Gasteiger partial charge in [0.15, 0.2) is 0 Å². The number of carbonyl (C=O) groups is 1. The van der Waals surface area contributed by atoms with Crippen molar-refractivity contribution in [2.75, 3.05) is 10.6 Å². The Hall–Kier alpha value is -1.88. The maximum Gasteiger partial charge on any atom is 0.224 e. The first-order valence-electron chi connectivity index (χ1n) is 7.16. The van der Waals surface area contributed by atoms with Crippen LogP contribution in [0, 0.1) is 13.8 Å². The molecule has 3 rings (SSSR count). The molecule has 110 valence electrons. The molecule has 1 aromatic carbocycles. The van der Waals surface area contributed by atoms with Gasteiger partial charge in [-0.3, -0.25) is 4.79 Å². The van der Waals surface area contributed by atoms with Crippen LogP contribution in [0.15, 0.2) is 18.2 Å². The first-order valence-corrected chi connectivity index (χ1v) is 7.98. The SMILES string of the molecule is Cc1nc(C(C)Nc2ccc3c(c2)CCC(=O)N3)c(C)s1. The molecule has 0 radical (unpaired) electrons. The van der Waals surface area contributed by atoms with E-state index < -0.39 is 0 Å². The molecule has 0 bridgehead atoms. The minimum Gasteiger partial charge on any atom is -0.377 e. The number of benzene rings is 1. The van der Waals surface area contributed by atoms with Gasteiger partial charge in [-0.2, -0.15) is 0 Å². The number of amides is 1. The average molecular weight is 301 g/mol. The second-order valence-electron chi connectivity index (χ2n) is 5.46. The molecular formula is C16H19N3OS. The van der Waals surface area contributed by atoms with Crippen LogP contribution in [0.25, 0.3) is 0 Å². The van der Waals surface area contributed by atoms with Crippen LogP contribution < -0.4 is 10.6 Å². The number of nitrogens with zero attached hydrogens (tertiary/aromatic N) is 1. The lowest BCUT2D eigenvalue weighted by molar-refractivity contribution is -0.116. The zero-order valence-electron chi connectivity index (χ0n) is 12.5. The van der Waals surface area contributed by atoms with Gasteiger partial charge in [0, 0.05) is 22.7 Å². The normalized spacial score (nSPS) is 15.3. The smallest absolute Gasteiger partial charge is 0.224 e. The van der Waals surface area contributed by atoms with Crippen molar-refractivity contribution in [2.24, 2.45) is 0 Å². The van der Waals surface area contributed by atoms with E-state index in [0.717, 1.165) is 28.5 Å². The van der Waals surface area contributed by atoms with Gasteiger partial charge in [0.05, 0.1) is 16.7 Å². The number of anilines is 2. The van der Waals surface area contributed by atoms with Crippen molar-refractivity contribution in [2.45, 2.75) is 39.7 Å². The van der Waals surface area contributed by atoms with Crippen LogP contribution in [0.3, 0.4) is 0 Å². The summed E-state index contributed by atoms with van der Waals surface area (Å²) in [5, 5.41) is 7.51. The number of nitrogens with one attached hydrogen (secondary N) is 2. The molecule has 2 aromatic rings. The van der Waals surface area contributed by atoms with E-state index in [9.17, 15) is 4.79 Å². The number of aromatic nitrogens is 1. The maximum atomic E-state index is 11.4. The molecule has 0 saturated carbocycles. The van der Waals surface area contributed by atoms with Crippen molar-refractivity contribution in [1.82, 2.24) is 4.98 Å². The lowest BCUT2D eigenvalue weighted by Gasteiger charge is -2.20. The summed E-state index contributed by atoms with van der Waals surface area (Å²) in [4.78, 5) is 17.2. The van der Waals surface area contributed by atoms with Crippen molar-refractivity contribution >= 4 is 28.6 Å². The van der Waals surface area contributed by atoms with Crippen molar-refractivity contribution < 1.29 is 4.79 Å². The molecule has 1 aliphatic rings. The Morgan fingerprint density at radius 1 is 1.33 bits per heavy atom. The van der Waals surface area contributed by atoms with Gasteiger partial charge in [-0.15, -0.1) is 11.3 Å². The van der Waals surface area contributed by atoms with Crippen molar-refractivity contribution in [1.29, 1.82) is 0 Å². The summed E-state index contributed by atoms with van der Waals surface area (Å²) in [6, 6.07) is 6.28. The van der Waals surface area contributed by atoms with Gasteiger partial charge in [-0.1, -0.05) is 0 Å². The molecule has 0 fully saturated rings. The average Bonchev–Trinajstić information content (AvgIpc) is 2.78. The van der Waals surface area contributed by atoms with Crippen LogP contribution in [-0.2, 0) is 11.2 Å². The molecule has 4 nitrogen and oxygen atoms in total. The highest BCUT2D eigenvalue weighted by atomic mass is 32.1. The number of hydrogen-bond acceptors (Lipinski definition) is 4. The van der Waals surface area contributed by atoms with Crippen LogP contribution >= 0.6 is 11.3 Å². The third-order valence-electron chi connectivity index (χ3n) is 3.73. The highest BCUT2D eigenvalue weighted by Crippen LogP contribution is 2.29. The molecule has 1 atom stereocenters. The molecule has 0 spiro atoms. The van der Waals surface area contributed by atoms with Crippen molar-refractivity contribution in [3.05, 3.63) is 39.3 Å². The molecule has 21 heavy (non-hydrogen) atoms. The monoisotopic (exact) mass is 301 g/mol. The quantitative estimate of drug-likeness (QED) is 0.906. The Labute approximate surface area is 128 Å². The highest BCUT2D eigenvalue weighted by Gasteiger charge is 2.17. The van der Waals surface area contributed by atoms with Gasteiger partial charge in [0.25, 0.3) is 0 Å². The second kappa shape index (κ2) is 5.48. The van der Waals surface area contributed by atoms with Gasteiger partial charge >= 0.3 is 0 Å². The van der Waals surface area contributed by atoms with Crippen molar-refractivity contribution in [3.63, 3.8) is 0 Å². The lowest BCUT2D eigenvalue weighted by atomic mass is 10.0. The Bertz CT molecular complexity index is 693. The molecule has 2 N–H and O–H groups in total. The topological polar surface area (TPSA) is 54.0 Å². The zero-order valence-corrected chi connectivity index (χ0v) is 13.3. The fourth-order valence-corrected chi connectivity index (χ4v) is 3.65. The van der Waals surface area contributed by atoms with E-state index in [4.69, 9.17) is 0 Å². The minimum absolute atomic E-state index is 0.102. The van der Waals surface area contributed by atoms with Gasteiger partial charge < -0.3 is 10.6 Å². The summed E-state index contributed by atoms with van der Waals surface area (Å²) in [7, 11) is 0. The lowest BCUT2D eigenvalue weighted by Crippen LogP contribution is -2.19. The number of carbonyl (C=O) groups excluding carboxylic acids is 1. The maximum absolute atomic E-state index is 11.4. The van der Waals surface area contributed by atoms with Crippen LogP contribution in [0.2, 0.25) is 0 Å². The molecule has 0 aliphatic carbocycles. The molecule has 1 unspecified atom stereocenters. The third-order valence-corrected chi connectivity index (χ3v) is 4.64. The fraction of sp³-hybridized carbons (Fsp3) is 0.375. The molecule has 5 heteroatoms. The first kappa shape index (κ1) is 14.1. The van der Waals surface area contributed by atoms with E-state index in [2.05, 4.69) is 35.5 Å². The van der Waals surface area contributed by atoms with E-state index in [1.807, 2.05) is 19.1 Å². The Balaban J connectivity index is 1.79. The van der Waals surface area contributed by atoms with Crippen LogP contribution in [0.1, 0.15) is 40.5 Å². The van der Waals surface area contributed by atoms with Gasteiger partial charge in [-0.25, -0.2) is 4.98 Å². The van der Waals surface area contributed by atoms with Gasteiger partial charge in [0.2, 0.25) is 5.91 Å². The Kier molecular flexibility index (Phi) is 3.68. The third kappa shape index (κ3) is 2.93. The standard InChI is InChI=1S/C16H19N3OS/c1-9(16-10(2)21-11(3)18-16)17-13-5-6-14-12(8-13)4-7-15(20)19-14/h5-6,8-9,17H,4,7H2,1-3H3,(H,19,20). The summed E-state index contributed by atoms with van der Waals surface area (Å²) in [5.74, 6) is 0.102. The second-order valence-corrected chi connectivity index (χ2v) is 6.87. The fourth-order valence-electron chi connectivity index (χ4n) is 2.74. The number of aryl methyl sites for hydroxylation is 3. The number of thiazole rings is 1. The summed E-state index contributed by atoms with van der Waals surface area (Å²) >= 11 is 1.73. The summed E-state index contributed by atoms with van der Waals surface area (Å²) < 4.78 is 0.